The number of hydrogen-bond acceptors (Lipinski definition) is 3. The number of rotatable bonds is 3. The third-order valence-electron chi connectivity index (χ3n) is 3.86. The van der Waals surface area contributed by atoms with Gasteiger partial charge >= 0.3 is 0 Å². The van der Waals surface area contributed by atoms with Gasteiger partial charge in [0.1, 0.15) is 0 Å². The SMILES string of the molecule is Cl[N+]1(c2ccccc2)NN(c2ccccc2)N=C1c1ccccc1. The molecule has 3 aromatic rings. The van der Waals surface area contributed by atoms with Gasteiger partial charge in [0, 0.05) is 12.1 Å². The van der Waals surface area contributed by atoms with Crippen molar-refractivity contribution >= 4 is 29.0 Å². The van der Waals surface area contributed by atoms with Gasteiger partial charge in [-0.2, -0.15) is 0 Å². The van der Waals surface area contributed by atoms with Gasteiger partial charge in [-0.25, -0.2) is 0 Å². The van der Waals surface area contributed by atoms with E-state index >= 15 is 0 Å². The van der Waals surface area contributed by atoms with Crippen LogP contribution in [0.5, 0.6) is 0 Å². The van der Waals surface area contributed by atoms with Crippen molar-refractivity contribution in [3.8, 4) is 0 Å². The summed E-state index contributed by atoms with van der Waals surface area (Å²) in [6.45, 7) is 0. The van der Waals surface area contributed by atoms with Gasteiger partial charge in [-0.05, 0) is 33.9 Å². The second-order valence-electron chi connectivity index (χ2n) is 5.46. The van der Waals surface area contributed by atoms with Crippen LogP contribution in [0.2, 0.25) is 0 Å². The number of nitrogens with zero attached hydrogens (tertiary/aromatic N) is 3. The molecule has 0 aromatic heterocycles. The van der Waals surface area contributed by atoms with E-state index in [-0.39, 0.29) is 4.11 Å². The monoisotopic (exact) mass is 335 g/mol. The minimum atomic E-state index is -0.125. The molecule has 0 radical (unpaired) electrons. The Hall–Kier alpha value is -2.66. The molecule has 4 nitrogen and oxygen atoms in total. The minimum absolute atomic E-state index is 0.125. The average Bonchev–Trinajstić information content (AvgIpc) is 3.03. The molecular weight excluding hydrogens is 320 g/mol. The van der Waals surface area contributed by atoms with Crippen LogP contribution in [0.4, 0.5) is 11.4 Å². The van der Waals surface area contributed by atoms with E-state index in [1.165, 1.54) is 0 Å². The highest BCUT2D eigenvalue weighted by atomic mass is 35.5. The van der Waals surface area contributed by atoms with Crippen molar-refractivity contribution < 1.29 is 0 Å². The molecular formula is C19H16ClN4+. The van der Waals surface area contributed by atoms with Crippen molar-refractivity contribution in [1.29, 1.82) is 0 Å². The minimum Gasteiger partial charge on any atom is -0.144 e. The van der Waals surface area contributed by atoms with E-state index < -0.39 is 0 Å². The van der Waals surface area contributed by atoms with Gasteiger partial charge in [0.25, 0.3) is 5.84 Å². The second kappa shape index (κ2) is 6.09. The first kappa shape index (κ1) is 14.9. The summed E-state index contributed by atoms with van der Waals surface area (Å²) < 4.78 is -0.125. The molecule has 0 aliphatic carbocycles. The van der Waals surface area contributed by atoms with E-state index in [1.807, 2.05) is 91.0 Å². The fourth-order valence-corrected chi connectivity index (χ4v) is 2.99. The Labute approximate surface area is 145 Å². The number of anilines is 1. The van der Waals surface area contributed by atoms with Crippen molar-refractivity contribution in [3.05, 3.63) is 96.6 Å². The molecule has 0 spiro atoms. The fraction of sp³-hybridized carbons (Fsp3) is 0. The van der Waals surface area contributed by atoms with Gasteiger partial charge in [0.15, 0.2) is 5.69 Å². The van der Waals surface area contributed by atoms with Crippen molar-refractivity contribution in [3.63, 3.8) is 0 Å². The highest BCUT2D eigenvalue weighted by Crippen LogP contribution is 2.32. The van der Waals surface area contributed by atoms with Gasteiger partial charge in [-0.15, -0.1) is 5.12 Å². The van der Waals surface area contributed by atoms with E-state index in [0.29, 0.717) is 5.84 Å². The molecule has 0 fully saturated rings. The number of hydrazine groups is 1. The van der Waals surface area contributed by atoms with E-state index in [1.54, 1.807) is 5.12 Å². The Morgan fingerprint density at radius 2 is 1.29 bits per heavy atom. The lowest BCUT2D eigenvalue weighted by Crippen LogP contribution is -2.55. The fourth-order valence-electron chi connectivity index (χ4n) is 2.68. The van der Waals surface area contributed by atoms with Crippen LogP contribution in [0.25, 0.3) is 0 Å². The average molecular weight is 336 g/mol. The molecule has 118 valence electrons. The summed E-state index contributed by atoms with van der Waals surface area (Å²) in [5.41, 5.74) is 6.05. The first-order valence-corrected chi connectivity index (χ1v) is 8.03. The van der Waals surface area contributed by atoms with Gasteiger partial charge in [0.2, 0.25) is 11.8 Å². The Kier molecular flexibility index (Phi) is 3.78. The van der Waals surface area contributed by atoms with Gasteiger partial charge < -0.3 is 0 Å². The van der Waals surface area contributed by atoms with E-state index in [2.05, 4.69) is 5.53 Å². The lowest BCUT2D eigenvalue weighted by molar-refractivity contribution is 0.486. The van der Waals surface area contributed by atoms with Crippen LogP contribution in [0.1, 0.15) is 5.56 Å². The van der Waals surface area contributed by atoms with Crippen molar-refractivity contribution in [1.82, 2.24) is 9.65 Å². The van der Waals surface area contributed by atoms with Crippen LogP contribution in [0.3, 0.4) is 0 Å². The summed E-state index contributed by atoms with van der Waals surface area (Å²) in [7, 11) is 0. The molecule has 1 aliphatic heterocycles. The highest BCUT2D eigenvalue weighted by Gasteiger charge is 2.46. The largest absolute Gasteiger partial charge is 0.298 e. The smallest absolute Gasteiger partial charge is 0.144 e. The maximum atomic E-state index is 7.00. The molecule has 1 atom stereocenters. The number of para-hydroxylation sites is 2. The zero-order valence-electron chi connectivity index (χ0n) is 12.9. The van der Waals surface area contributed by atoms with E-state index in [4.69, 9.17) is 16.9 Å². The van der Waals surface area contributed by atoms with E-state index in [0.717, 1.165) is 16.9 Å². The third-order valence-corrected chi connectivity index (χ3v) is 4.29. The van der Waals surface area contributed by atoms with E-state index in [9.17, 15) is 0 Å². The molecule has 3 aromatic carbocycles. The quantitative estimate of drug-likeness (QED) is 0.716. The molecule has 1 aliphatic rings. The van der Waals surface area contributed by atoms with Gasteiger partial charge in [-0.1, -0.05) is 59.7 Å². The van der Waals surface area contributed by atoms with Crippen LogP contribution >= 0.6 is 11.8 Å². The molecule has 0 bridgehead atoms. The van der Waals surface area contributed by atoms with Crippen molar-refractivity contribution in [2.75, 3.05) is 5.12 Å². The second-order valence-corrected chi connectivity index (χ2v) is 5.97. The van der Waals surface area contributed by atoms with Gasteiger partial charge in [-0.3, -0.25) is 0 Å². The van der Waals surface area contributed by atoms with Crippen LogP contribution in [0.15, 0.2) is 96.1 Å². The standard InChI is InChI=1S/C19H16ClN4/c20-24(18-14-8-3-9-15-18)19(16-10-4-1-5-11-16)21-23(22-24)17-12-6-2-7-13-17/h1-15,22H/q+1. The molecule has 0 saturated carbocycles. The number of hydrazone groups is 1. The molecule has 5 heteroatoms. The van der Waals surface area contributed by atoms with Crippen LogP contribution in [-0.4, -0.2) is 5.84 Å². The number of halogens is 1. The van der Waals surface area contributed by atoms with Crippen molar-refractivity contribution in [2.24, 2.45) is 5.10 Å². The Balaban J connectivity index is 1.83. The van der Waals surface area contributed by atoms with Crippen LogP contribution in [0, 0.1) is 0 Å². The first-order valence-electron chi connectivity index (χ1n) is 7.69. The number of hydrogen-bond donors (Lipinski definition) is 1. The predicted molar refractivity (Wildman–Crippen MR) is 99.1 cm³/mol. The Bertz CT molecular complexity index is 852. The summed E-state index contributed by atoms with van der Waals surface area (Å²) in [6, 6.07) is 29.7. The Morgan fingerprint density at radius 1 is 0.750 bits per heavy atom. The van der Waals surface area contributed by atoms with Crippen LogP contribution in [-0.2, 0) is 0 Å². The summed E-state index contributed by atoms with van der Waals surface area (Å²) >= 11 is 7.00. The molecule has 0 amide bonds. The summed E-state index contributed by atoms with van der Waals surface area (Å²) in [5.74, 6) is 0.715. The summed E-state index contributed by atoms with van der Waals surface area (Å²) in [6.07, 6.45) is 0. The Morgan fingerprint density at radius 3 is 1.92 bits per heavy atom. The lowest BCUT2D eigenvalue weighted by Gasteiger charge is -2.24. The highest BCUT2D eigenvalue weighted by molar-refractivity contribution is 6.35. The van der Waals surface area contributed by atoms with Gasteiger partial charge in [0.05, 0.1) is 11.3 Å². The normalized spacial score (nSPS) is 20.0. The van der Waals surface area contributed by atoms with Crippen LogP contribution < -0.4 is 14.8 Å². The zero-order chi connectivity index (χ0) is 16.4. The molecule has 4 rings (SSSR count). The molecule has 1 unspecified atom stereocenters. The van der Waals surface area contributed by atoms with Crippen molar-refractivity contribution in [2.45, 2.75) is 0 Å². The topological polar surface area (TPSA) is 27.6 Å². The third kappa shape index (κ3) is 2.57. The molecule has 24 heavy (non-hydrogen) atoms. The maximum absolute atomic E-state index is 7.00. The first-order chi connectivity index (χ1) is 11.8. The summed E-state index contributed by atoms with van der Waals surface area (Å²) in [4.78, 5) is 0. The molecule has 1 N–H and O–H groups in total. The predicted octanol–water partition coefficient (Wildman–Crippen LogP) is 4.45. The zero-order valence-corrected chi connectivity index (χ0v) is 13.6. The maximum Gasteiger partial charge on any atom is 0.298 e. The number of nitrogens with one attached hydrogen (secondary N) is 1. The molecule has 1 heterocycles. The molecule has 0 saturated heterocycles. The number of quaternary nitrogens is 1. The summed E-state index contributed by atoms with van der Waals surface area (Å²) in [5, 5.41) is 6.45. The lowest BCUT2D eigenvalue weighted by atomic mass is 10.2. The number of amidine groups is 1. The number of benzene rings is 3.